The second kappa shape index (κ2) is 6.29. The Bertz CT molecular complexity index is 550. The molecule has 22 heavy (non-hydrogen) atoms. The average molecular weight is 302 g/mol. The van der Waals surface area contributed by atoms with E-state index < -0.39 is 0 Å². The maximum atomic E-state index is 12.4. The zero-order valence-electron chi connectivity index (χ0n) is 13.8. The molecule has 2 atom stereocenters. The molecule has 2 aliphatic heterocycles. The normalized spacial score (nSPS) is 25.1. The number of likely N-dealkylation sites (N-methyl/N-ethyl adjacent to an activating group) is 1. The second-order valence-corrected chi connectivity index (χ2v) is 6.83. The number of carbonyl (C=O) groups is 1. The van der Waals surface area contributed by atoms with E-state index in [9.17, 15) is 4.79 Å². The van der Waals surface area contributed by atoms with Gasteiger partial charge in [0.1, 0.15) is 5.75 Å². The SMILES string of the molecule is CC(C)C1Oc2ccc(CC3CCCCN3)cc2N(C)C1=O. The summed E-state index contributed by atoms with van der Waals surface area (Å²) in [6, 6.07) is 6.82. The standard InChI is InChI=1S/C18H26N2O2/c1-12(2)17-18(21)20(3)15-11-13(7-8-16(15)22-17)10-14-6-4-5-9-19-14/h7-8,11-12,14,17,19H,4-6,9-10H2,1-3H3. The highest BCUT2D eigenvalue weighted by atomic mass is 16.5. The summed E-state index contributed by atoms with van der Waals surface area (Å²) in [5.74, 6) is 1.05. The zero-order valence-corrected chi connectivity index (χ0v) is 13.8. The third kappa shape index (κ3) is 2.98. The Balaban J connectivity index is 1.80. The number of hydrogen-bond acceptors (Lipinski definition) is 3. The van der Waals surface area contributed by atoms with Crippen LogP contribution in [0.15, 0.2) is 18.2 Å². The number of rotatable bonds is 3. The van der Waals surface area contributed by atoms with Gasteiger partial charge in [0.05, 0.1) is 5.69 Å². The van der Waals surface area contributed by atoms with Crippen LogP contribution in [0.3, 0.4) is 0 Å². The number of fused-ring (bicyclic) bond motifs is 1. The highest BCUT2D eigenvalue weighted by Crippen LogP contribution is 2.36. The van der Waals surface area contributed by atoms with Crippen molar-refractivity contribution in [1.29, 1.82) is 0 Å². The molecule has 1 N–H and O–H groups in total. The molecule has 1 amide bonds. The fraction of sp³-hybridized carbons (Fsp3) is 0.611. The van der Waals surface area contributed by atoms with Gasteiger partial charge in [-0.15, -0.1) is 0 Å². The molecule has 3 rings (SSSR count). The number of carbonyl (C=O) groups excluding carboxylic acids is 1. The monoisotopic (exact) mass is 302 g/mol. The molecule has 0 aromatic heterocycles. The molecular weight excluding hydrogens is 276 g/mol. The molecule has 0 bridgehead atoms. The highest BCUT2D eigenvalue weighted by molar-refractivity contribution is 5.99. The third-order valence-electron chi connectivity index (χ3n) is 4.71. The van der Waals surface area contributed by atoms with Gasteiger partial charge < -0.3 is 15.0 Å². The van der Waals surface area contributed by atoms with Gasteiger partial charge in [-0.1, -0.05) is 26.3 Å². The molecule has 0 radical (unpaired) electrons. The Morgan fingerprint density at radius 2 is 2.18 bits per heavy atom. The van der Waals surface area contributed by atoms with Crippen molar-refractivity contribution in [2.75, 3.05) is 18.5 Å². The van der Waals surface area contributed by atoms with Crippen LogP contribution in [-0.4, -0.2) is 31.6 Å². The minimum absolute atomic E-state index is 0.0513. The number of anilines is 1. The van der Waals surface area contributed by atoms with E-state index in [2.05, 4.69) is 17.4 Å². The van der Waals surface area contributed by atoms with Gasteiger partial charge in [0.25, 0.3) is 5.91 Å². The lowest BCUT2D eigenvalue weighted by atomic mass is 9.96. The summed E-state index contributed by atoms with van der Waals surface area (Å²) in [4.78, 5) is 14.2. The predicted octanol–water partition coefficient (Wildman–Crippen LogP) is 2.75. The van der Waals surface area contributed by atoms with Gasteiger partial charge >= 0.3 is 0 Å². The minimum atomic E-state index is -0.372. The maximum absolute atomic E-state index is 12.4. The van der Waals surface area contributed by atoms with Gasteiger partial charge in [-0.25, -0.2) is 0 Å². The summed E-state index contributed by atoms with van der Waals surface area (Å²) in [5.41, 5.74) is 2.17. The van der Waals surface area contributed by atoms with Crippen molar-refractivity contribution < 1.29 is 9.53 Å². The molecular formula is C18H26N2O2. The van der Waals surface area contributed by atoms with Gasteiger partial charge in [0.2, 0.25) is 0 Å². The average Bonchev–Trinajstić information content (AvgIpc) is 2.52. The lowest BCUT2D eigenvalue weighted by molar-refractivity contribution is -0.127. The van der Waals surface area contributed by atoms with E-state index in [1.54, 1.807) is 4.90 Å². The summed E-state index contributed by atoms with van der Waals surface area (Å²) in [7, 11) is 1.85. The van der Waals surface area contributed by atoms with Crippen LogP contribution < -0.4 is 15.0 Å². The first kappa shape index (κ1) is 15.3. The largest absolute Gasteiger partial charge is 0.478 e. The van der Waals surface area contributed by atoms with Gasteiger partial charge in [-0.2, -0.15) is 0 Å². The molecule has 120 valence electrons. The van der Waals surface area contributed by atoms with Gasteiger partial charge in [0.15, 0.2) is 6.10 Å². The Morgan fingerprint density at radius 1 is 1.36 bits per heavy atom. The first-order chi connectivity index (χ1) is 10.6. The lowest BCUT2D eigenvalue weighted by Crippen LogP contribution is -2.46. The van der Waals surface area contributed by atoms with E-state index in [0.717, 1.165) is 24.4 Å². The summed E-state index contributed by atoms with van der Waals surface area (Å²) >= 11 is 0. The molecule has 4 nitrogen and oxygen atoms in total. The van der Waals surface area contributed by atoms with Crippen LogP contribution in [0.5, 0.6) is 5.75 Å². The quantitative estimate of drug-likeness (QED) is 0.933. The second-order valence-electron chi connectivity index (χ2n) is 6.83. The molecule has 1 aromatic rings. The number of nitrogens with one attached hydrogen (secondary N) is 1. The molecule has 2 aliphatic rings. The van der Waals surface area contributed by atoms with E-state index in [4.69, 9.17) is 4.74 Å². The van der Waals surface area contributed by atoms with E-state index in [-0.39, 0.29) is 17.9 Å². The van der Waals surface area contributed by atoms with Crippen molar-refractivity contribution in [1.82, 2.24) is 5.32 Å². The number of amides is 1. The number of hydrogen-bond donors (Lipinski definition) is 1. The Morgan fingerprint density at radius 3 is 2.86 bits per heavy atom. The molecule has 1 saturated heterocycles. The molecule has 1 aromatic carbocycles. The number of ether oxygens (including phenoxy) is 1. The van der Waals surface area contributed by atoms with Crippen molar-refractivity contribution >= 4 is 11.6 Å². The topological polar surface area (TPSA) is 41.6 Å². The van der Waals surface area contributed by atoms with E-state index in [1.807, 2.05) is 27.0 Å². The number of nitrogens with zero attached hydrogens (tertiary/aromatic N) is 1. The summed E-state index contributed by atoms with van der Waals surface area (Å²) in [6.07, 6.45) is 4.46. The van der Waals surface area contributed by atoms with Crippen molar-refractivity contribution in [3.63, 3.8) is 0 Å². The predicted molar refractivity (Wildman–Crippen MR) is 88.5 cm³/mol. The maximum Gasteiger partial charge on any atom is 0.268 e. The van der Waals surface area contributed by atoms with E-state index in [0.29, 0.717) is 6.04 Å². The minimum Gasteiger partial charge on any atom is -0.478 e. The fourth-order valence-corrected chi connectivity index (χ4v) is 3.35. The number of piperidine rings is 1. The summed E-state index contributed by atoms with van der Waals surface area (Å²) in [5, 5.41) is 3.58. The molecule has 0 spiro atoms. The Labute approximate surface area is 132 Å². The van der Waals surface area contributed by atoms with Crippen LogP contribution in [0, 0.1) is 5.92 Å². The molecule has 4 heteroatoms. The first-order valence-electron chi connectivity index (χ1n) is 8.37. The van der Waals surface area contributed by atoms with Crippen molar-refractivity contribution in [2.24, 2.45) is 5.92 Å². The van der Waals surface area contributed by atoms with Gasteiger partial charge in [-0.05, 0) is 49.4 Å². The zero-order chi connectivity index (χ0) is 15.7. The first-order valence-corrected chi connectivity index (χ1v) is 8.37. The van der Waals surface area contributed by atoms with Gasteiger partial charge in [0, 0.05) is 13.1 Å². The van der Waals surface area contributed by atoms with Crippen LogP contribution in [0.25, 0.3) is 0 Å². The van der Waals surface area contributed by atoms with Crippen molar-refractivity contribution in [2.45, 2.75) is 51.7 Å². The summed E-state index contributed by atoms with van der Waals surface area (Å²) < 4.78 is 5.91. The van der Waals surface area contributed by atoms with E-state index >= 15 is 0 Å². The molecule has 1 fully saturated rings. The van der Waals surface area contributed by atoms with Crippen LogP contribution in [0.1, 0.15) is 38.7 Å². The molecule has 0 aliphatic carbocycles. The third-order valence-corrected chi connectivity index (χ3v) is 4.71. The summed E-state index contributed by atoms with van der Waals surface area (Å²) in [6.45, 7) is 5.15. The number of benzene rings is 1. The lowest BCUT2D eigenvalue weighted by Gasteiger charge is -2.34. The smallest absolute Gasteiger partial charge is 0.268 e. The van der Waals surface area contributed by atoms with Crippen molar-refractivity contribution in [3.8, 4) is 5.75 Å². The van der Waals surface area contributed by atoms with Gasteiger partial charge in [-0.3, -0.25) is 4.79 Å². The van der Waals surface area contributed by atoms with E-state index in [1.165, 1.54) is 24.8 Å². The fourth-order valence-electron chi connectivity index (χ4n) is 3.35. The van der Waals surface area contributed by atoms with Crippen LogP contribution in [-0.2, 0) is 11.2 Å². The van der Waals surface area contributed by atoms with Crippen LogP contribution in [0.2, 0.25) is 0 Å². The highest BCUT2D eigenvalue weighted by Gasteiger charge is 2.34. The van der Waals surface area contributed by atoms with Crippen LogP contribution >= 0.6 is 0 Å². The molecule has 2 unspecified atom stereocenters. The molecule has 0 saturated carbocycles. The Kier molecular flexibility index (Phi) is 4.39. The molecule has 2 heterocycles. The Hall–Kier alpha value is -1.55. The van der Waals surface area contributed by atoms with Crippen LogP contribution in [0.4, 0.5) is 5.69 Å². The van der Waals surface area contributed by atoms with Crippen molar-refractivity contribution in [3.05, 3.63) is 23.8 Å².